The monoisotopic (exact) mass is 311 g/mol. The molecule has 0 bridgehead atoms. The number of aliphatic carboxylic acids is 1. The second kappa shape index (κ2) is 5.45. The minimum atomic E-state index is -3.97. The zero-order chi connectivity index (χ0) is 15.7. The van der Waals surface area contributed by atoms with E-state index in [1.165, 1.54) is 6.20 Å². The Morgan fingerprint density at radius 2 is 2.10 bits per heavy atom. The Kier molecular flexibility index (Phi) is 4.02. The fourth-order valence-corrected chi connectivity index (χ4v) is 3.87. The molecule has 0 aliphatic carbocycles. The van der Waals surface area contributed by atoms with Crippen LogP contribution in [0.4, 0.5) is 0 Å². The minimum Gasteiger partial charge on any atom is -0.480 e. The molecule has 21 heavy (non-hydrogen) atoms. The fraction of sp³-hybridized carbons (Fsp3) is 0.385. The molecule has 0 aliphatic rings. The highest BCUT2D eigenvalue weighted by molar-refractivity contribution is 7.89. The molecule has 0 fully saturated rings. The number of aromatic nitrogens is 2. The van der Waals surface area contributed by atoms with E-state index in [9.17, 15) is 18.3 Å². The van der Waals surface area contributed by atoms with Gasteiger partial charge in [-0.2, -0.15) is 4.72 Å². The lowest BCUT2D eigenvalue weighted by Gasteiger charge is -2.27. The van der Waals surface area contributed by atoms with E-state index in [1.807, 2.05) is 0 Å². The molecule has 3 N–H and O–H groups in total. The van der Waals surface area contributed by atoms with Gasteiger partial charge in [0.1, 0.15) is 16.1 Å². The summed E-state index contributed by atoms with van der Waals surface area (Å²) < 4.78 is 27.4. The van der Waals surface area contributed by atoms with Crippen LogP contribution in [0, 0.1) is 0 Å². The molecule has 114 valence electrons. The molecular formula is C13H17N3O4S. The Bertz CT molecular complexity index is 763. The number of carboxylic acids is 1. The number of hydrogen-bond acceptors (Lipinski definition) is 4. The van der Waals surface area contributed by atoms with E-state index in [1.54, 1.807) is 32.2 Å². The summed E-state index contributed by atoms with van der Waals surface area (Å²) in [4.78, 5) is 18.2. The van der Waals surface area contributed by atoms with Crippen LogP contribution in [0.1, 0.15) is 26.7 Å². The van der Waals surface area contributed by atoms with Crippen molar-refractivity contribution in [1.29, 1.82) is 0 Å². The van der Waals surface area contributed by atoms with Crippen LogP contribution in [-0.2, 0) is 14.8 Å². The summed E-state index contributed by atoms with van der Waals surface area (Å²) in [6.45, 7) is 3.27. The third-order valence-electron chi connectivity index (χ3n) is 3.65. The molecule has 2 rings (SSSR count). The smallest absolute Gasteiger partial charge is 0.324 e. The van der Waals surface area contributed by atoms with Gasteiger partial charge in [-0.25, -0.2) is 13.4 Å². The van der Waals surface area contributed by atoms with Crippen molar-refractivity contribution in [3.05, 3.63) is 24.5 Å². The Balaban J connectivity index is 2.50. The van der Waals surface area contributed by atoms with Gasteiger partial charge in [0.15, 0.2) is 0 Å². The van der Waals surface area contributed by atoms with Crippen molar-refractivity contribution in [1.82, 2.24) is 14.7 Å². The molecule has 0 saturated carbocycles. The zero-order valence-corrected chi connectivity index (χ0v) is 12.6. The number of carboxylic acid groups (broad SMARTS) is 1. The summed E-state index contributed by atoms with van der Waals surface area (Å²) in [5.74, 6) is -1.19. The summed E-state index contributed by atoms with van der Waals surface area (Å²) in [5.41, 5.74) is -1.07. The number of nitrogens with one attached hydrogen (secondary N) is 2. The number of sulfonamides is 1. The molecule has 0 radical (unpaired) electrons. The third kappa shape index (κ3) is 2.64. The van der Waals surface area contributed by atoms with Crippen LogP contribution in [0.15, 0.2) is 29.4 Å². The molecule has 0 saturated heterocycles. The van der Waals surface area contributed by atoms with Gasteiger partial charge in [-0.05, 0) is 25.0 Å². The molecule has 2 aromatic rings. The van der Waals surface area contributed by atoms with E-state index in [0.717, 1.165) is 0 Å². The Hall–Kier alpha value is -1.93. The van der Waals surface area contributed by atoms with Crippen LogP contribution in [0.25, 0.3) is 11.0 Å². The van der Waals surface area contributed by atoms with Crippen molar-refractivity contribution < 1.29 is 18.3 Å². The van der Waals surface area contributed by atoms with Crippen molar-refractivity contribution in [3.63, 3.8) is 0 Å². The molecule has 0 amide bonds. The predicted octanol–water partition coefficient (Wildman–Crippen LogP) is 1.48. The van der Waals surface area contributed by atoms with Crippen LogP contribution in [0.2, 0.25) is 0 Å². The number of nitrogens with zero attached hydrogens (tertiary/aromatic N) is 1. The summed E-state index contributed by atoms with van der Waals surface area (Å²) in [5, 5.41) is 9.78. The van der Waals surface area contributed by atoms with E-state index in [4.69, 9.17) is 0 Å². The van der Waals surface area contributed by atoms with Crippen LogP contribution in [0.3, 0.4) is 0 Å². The average molecular weight is 311 g/mol. The maximum Gasteiger partial charge on any atom is 0.324 e. The van der Waals surface area contributed by atoms with Gasteiger partial charge in [-0.3, -0.25) is 4.79 Å². The average Bonchev–Trinajstić information content (AvgIpc) is 2.89. The summed E-state index contributed by atoms with van der Waals surface area (Å²) >= 11 is 0. The van der Waals surface area contributed by atoms with Crippen molar-refractivity contribution in [2.45, 2.75) is 37.1 Å². The molecular weight excluding hydrogens is 294 g/mol. The maximum atomic E-state index is 12.5. The highest BCUT2D eigenvalue weighted by Gasteiger charge is 2.39. The van der Waals surface area contributed by atoms with Crippen molar-refractivity contribution in [2.24, 2.45) is 0 Å². The van der Waals surface area contributed by atoms with Crippen molar-refractivity contribution >= 4 is 27.0 Å². The molecule has 7 nitrogen and oxygen atoms in total. The van der Waals surface area contributed by atoms with Crippen LogP contribution >= 0.6 is 0 Å². The fourth-order valence-electron chi connectivity index (χ4n) is 2.21. The van der Waals surface area contributed by atoms with E-state index < -0.39 is 21.5 Å². The lowest BCUT2D eigenvalue weighted by Crippen LogP contribution is -2.53. The summed E-state index contributed by atoms with van der Waals surface area (Å²) in [6.07, 6.45) is 3.16. The van der Waals surface area contributed by atoms with Gasteiger partial charge in [-0.15, -0.1) is 0 Å². The normalized spacial score (nSPS) is 12.7. The summed E-state index contributed by atoms with van der Waals surface area (Å²) in [6, 6.07) is 3.24. The standard InChI is InChI=1S/C13H17N3O4S/c1-3-13(4-2,12(17)18)16-21(19,20)10-8-15-11-9(10)6-5-7-14-11/h5-8,16H,3-4H2,1-2H3,(H,14,15)(H,17,18). The zero-order valence-electron chi connectivity index (χ0n) is 11.8. The first kappa shape index (κ1) is 15.5. The lowest BCUT2D eigenvalue weighted by atomic mass is 9.95. The Morgan fingerprint density at radius 1 is 1.43 bits per heavy atom. The molecule has 0 aromatic carbocycles. The minimum absolute atomic E-state index is 0.00174. The highest BCUT2D eigenvalue weighted by atomic mass is 32.2. The number of rotatable bonds is 6. The molecule has 2 aromatic heterocycles. The number of carbonyl (C=O) groups is 1. The van der Waals surface area contributed by atoms with Crippen LogP contribution in [0.5, 0.6) is 0 Å². The van der Waals surface area contributed by atoms with Crippen molar-refractivity contribution in [2.75, 3.05) is 0 Å². The van der Waals surface area contributed by atoms with Crippen LogP contribution < -0.4 is 4.72 Å². The Morgan fingerprint density at radius 3 is 2.67 bits per heavy atom. The SMILES string of the molecule is CCC(CC)(NS(=O)(=O)c1c[nH]c2ncccc12)C(=O)O. The largest absolute Gasteiger partial charge is 0.480 e. The molecule has 0 unspecified atom stereocenters. The molecule has 2 heterocycles. The number of pyridine rings is 1. The first-order chi connectivity index (χ1) is 9.86. The van der Waals surface area contributed by atoms with Crippen LogP contribution in [-0.4, -0.2) is 35.0 Å². The van der Waals surface area contributed by atoms with Gasteiger partial charge < -0.3 is 10.1 Å². The van der Waals surface area contributed by atoms with E-state index in [0.29, 0.717) is 11.0 Å². The topological polar surface area (TPSA) is 112 Å². The summed E-state index contributed by atoms with van der Waals surface area (Å²) in [7, 11) is -3.97. The van der Waals surface area contributed by atoms with E-state index >= 15 is 0 Å². The number of aromatic amines is 1. The number of H-pyrrole nitrogens is 1. The molecule has 0 spiro atoms. The maximum absolute atomic E-state index is 12.5. The highest BCUT2D eigenvalue weighted by Crippen LogP contribution is 2.24. The third-order valence-corrected chi connectivity index (χ3v) is 5.23. The molecule has 0 aliphatic heterocycles. The first-order valence-corrected chi connectivity index (χ1v) is 8.04. The van der Waals surface area contributed by atoms with Gasteiger partial charge >= 0.3 is 5.97 Å². The number of fused-ring (bicyclic) bond motifs is 1. The quantitative estimate of drug-likeness (QED) is 0.748. The molecule has 8 heteroatoms. The Labute approximate surface area is 122 Å². The predicted molar refractivity (Wildman–Crippen MR) is 77.4 cm³/mol. The van der Waals surface area contributed by atoms with Gasteiger partial charge in [0, 0.05) is 17.8 Å². The lowest BCUT2D eigenvalue weighted by molar-refractivity contribution is -0.144. The molecule has 0 atom stereocenters. The van der Waals surface area contributed by atoms with Gasteiger partial charge in [0.2, 0.25) is 10.0 Å². The number of hydrogen-bond donors (Lipinski definition) is 3. The first-order valence-electron chi connectivity index (χ1n) is 6.56. The van der Waals surface area contributed by atoms with Gasteiger partial charge in [-0.1, -0.05) is 13.8 Å². The van der Waals surface area contributed by atoms with E-state index in [2.05, 4.69) is 14.7 Å². The van der Waals surface area contributed by atoms with Gasteiger partial charge in [0.05, 0.1) is 0 Å². The second-order valence-corrected chi connectivity index (χ2v) is 6.40. The van der Waals surface area contributed by atoms with Gasteiger partial charge in [0.25, 0.3) is 0 Å². The van der Waals surface area contributed by atoms with E-state index in [-0.39, 0.29) is 17.7 Å². The van der Waals surface area contributed by atoms with Crippen molar-refractivity contribution in [3.8, 4) is 0 Å². The second-order valence-electron chi connectivity index (χ2n) is 4.75.